The predicted octanol–water partition coefficient (Wildman–Crippen LogP) is 4.23. The van der Waals surface area contributed by atoms with E-state index in [1.807, 2.05) is 0 Å². The van der Waals surface area contributed by atoms with Gasteiger partial charge in [0.25, 0.3) is 0 Å². The molecule has 0 radical (unpaired) electrons. The van der Waals surface area contributed by atoms with Gasteiger partial charge in [0.15, 0.2) is 5.60 Å². The Morgan fingerprint density at radius 2 is 1.55 bits per heavy atom. The van der Waals surface area contributed by atoms with Crippen molar-refractivity contribution >= 4 is 5.97 Å². The molecule has 0 amide bonds. The van der Waals surface area contributed by atoms with E-state index in [1.165, 1.54) is 25.4 Å². The highest BCUT2D eigenvalue weighted by Crippen LogP contribution is 2.40. The highest BCUT2D eigenvalue weighted by Gasteiger charge is 2.49. The van der Waals surface area contributed by atoms with Crippen molar-refractivity contribution in [3.05, 3.63) is 89.2 Å². The third-order valence-electron chi connectivity index (χ3n) is 4.76. The number of carboxylic acid groups (broad SMARTS) is 1. The SMILES string of the molecule is CO[C@@](c1ccccc1)(c1ccc(C(F)(F)F)cc1)[C@H](Oc1nccc(C)n1)C(=O)O. The van der Waals surface area contributed by atoms with E-state index in [2.05, 4.69) is 9.97 Å². The highest BCUT2D eigenvalue weighted by atomic mass is 19.4. The average molecular weight is 432 g/mol. The molecule has 0 aliphatic carbocycles. The predicted molar refractivity (Wildman–Crippen MR) is 104 cm³/mol. The first kappa shape index (κ1) is 22.2. The van der Waals surface area contributed by atoms with Crippen LogP contribution in [0.1, 0.15) is 22.4 Å². The van der Waals surface area contributed by atoms with Crippen LogP contribution in [0.3, 0.4) is 0 Å². The molecule has 1 N–H and O–H groups in total. The lowest BCUT2D eigenvalue weighted by Gasteiger charge is -2.37. The molecule has 0 fully saturated rings. The van der Waals surface area contributed by atoms with Gasteiger partial charge in [-0.1, -0.05) is 42.5 Å². The summed E-state index contributed by atoms with van der Waals surface area (Å²) in [7, 11) is 1.26. The summed E-state index contributed by atoms with van der Waals surface area (Å²) in [5.74, 6) is -1.41. The van der Waals surface area contributed by atoms with E-state index < -0.39 is 29.4 Å². The zero-order chi connectivity index (χ0) is 22.6. The average Bonchev–Trinajstić information content (AvgIpc) is 2.74. The number of aryl methyl sites for hydroxylation is 1. The van der Waals surface area contributed by atoms with Crippen LogP contribution in [0.2, 0.25) is 0 Å². The molecule has 2 aromatic carbocycles. The van der Waals surface area contributed by atoms with Gasteiger partial charge in [0, 0.05) is 19.0 Å². The number of methoxy groups -OCH3 is 1. The molecule has 162 valence electrons. The lowest BCUT2D eigenvalue weighted by Crippen LogP contribution is -2.50. The van der Waals surface area contributed by atoms with Crippen LogP contribution >= 0.6 is 0 Å². The van der Waals surface area contributed by atoms with Crippen LogP contribution in [0.25, 0.3) is 0 Å². The normalized spacial score (nSPS) is 14.5. The van der Waals surface area contributed by atoms with Crippen LogP contribution < -0.4 is 4.74 Å². The van der Waals surface area contributed by atoms with Crippen LogP contribution in [0.4, 0.5) is 13.2 Å². The molecule has 3 rings (SSSR count). The Balaban J connectivity index is 2.20. The maximum Gasteiger partial charge on any atom is 0.416 e. The molecule has 6 nitrogen and oxygen atoms in total. The lowest BCUT2D eigenvalue weighted by molar-refractivity contribution is -0.160. The number of hydrogen-bond donors (Lipinski definition) is 1. The van der Waals surface area contributed by atoms with Crippen molar-refractivity contribution in [1.82, 2.24) is 9.97 Å². The van der Waals surface area contributed by atoms with E-state index in [1.54, 1.807) is 43.3 Å². The molecule has 3 aromatic rings. The van der Waals surface area contributed by atoms with Crippen LogP contribution in [0.15, 0.2) is 66.9 Å². The number of nitrogens with zero attached hydrogens (tertiary/aromatic N) is 2. The topological polar surface area (TPSA) is 81.5 Å². The van der Waals surface area contributed by atoms with Gasteiger partial charge in [-0.2, -0.15) is 13.2 Å². The van der Waals surface area contributed by atoms with Gasteiger partial charge in [-0.05, 0) is 36.2 Å². The summed E-state index contributed by atoms with van der Waals surface area (Å²) in [5.41, 5.74) is -1.58. The third kappa shape index (κ3) is 4.51. The molecular weight excluding hydrogens is 413 g/mol. The molecule has 0 aliphatic heterocycles. The number of carbonyl (C=O) groups is 1. The number of hydrogen-bond acceptors (Lipinski definition) is 5. The fourth-order valence-corrected chi connectivity index (χ4v) is 3.30. The fraction of sp³-hybridized carbons (Fsp3) is 0.227. The second kappa shape index (κ2) is 8.73. The van der Waals surface area contributed by atoms with Gasteiger partial charge in [0.1, 0.15) is 0 Å². The quantitative estimate of drug-likeness (QED) is 0.602. The first-order valence-corrected chi connectivity index (χ1v) is 9.16. The molecule has 0 aliphatic rings. The molecule has 1 heterocycles. The van der Waals surface area contributed by atoms with Crippen LogP contribution in [0, 0.1) is 6.92 Å². The van der Waals surface area contributed by atoms with E-state index in [9.17, 15) is 23.1 Å². The molecule has 0 saturated heterocycles. The van der Waals surface area contributed by atoms with Crippen molar-refractivity contribution in [2.75, 3.05) is 7.11 Å². The van der Waals surface area contributed by atoms with E-state index in [4.69, 9.17) is 9.47 Å². The second-order valence-electron chi connectivity index (χ2n) is 6.70. The maximum atomic E-state index is 13.1. The maximum absolute atomic E-state index is 13.1. The van der Waals surface area contributed by atoms with Crippen molar-refractivity contribution in [3.63, 3.8) is 0 Å². The summed E-state index contributed by atoms with van der Waals surface area (Å²) in [6, 6.07) is 13.8. The van der Waals surface area contributed by atoms with Crippen molar-refractivity contribution in [3.8, 4) is 6.01 Å². The summed E-state index contributed by atoms with van der Waals surface area (Å²) in [6.45, 7) is 1.68. The number of carboxylic acids is 1. The first-order valence-electron chi connectivity index (χ1n) is 9.16. The minimum atomic E-state index is -4.54. The summed E-state index contributed by atoms with van der Waals surface area (Å²) in [4.78, 5) is 20.3. The molecule has 31 heavy (non-hydrogen) atoms. The van der Waals surface area contributed by atoms with E-state index in [0.29, 0.717) is 11.3 Å². The van der Waals surface area contributed by atoms with E-state index in [0.717, 1.165) is 12.1 Å². The first-order chi connectivity index (χ1) is 14.7. The minimum Gasteiger partial charge on any atom is -0.478 e. The summed E-state index contributed by atoms with van der Waals surface area (Å²) < 4.78 is 50.6. The fourth-order valence-electron chi connectivity index (χ4n) is 3.30. The molecule has 9 heteroatoms. The van der Waals surface area contributed by atoms with Crippen molar-refractivity contribution in [2.45, 2.75) is 24.8 Å². The van der Waals surface area contributed by atoms with Gasteiger partial charge in [-0.3, -0.25) is 0 Å². The number of aromatic nitrogens is 2. The monoisotopic (exact) mass is 432 g/mol. The number of aliphatic carboxylic acids is 1. The Hall–Kier alpha value is -3.46. The molecule has 2 atom stereocenters. The molecule has 0 saturated carbocycles. The summed E-state index contributed by atoms with van der Waals surface area (Å²) in [5, 5.41) is 10.0. The van der Waals surface area contributed by atoms with Gasteiger partial charge < -0.3 is 14.6 Å². The Morgan fingerprint density at radius 3 is 2.06 bits per heavy atom. The molecule has 1 aromatic heterocycles. The van der Waals surface area contributed by atoms with Gasteiger partial charge in [-0.25, -0.2) is 14.8 Å². The van der Waals surface area contributed by atoms with Crippen LogP contribution in [-0.4, -0.2) is 34.3 Å². The van der Waals surface area contributed by atoms with Gasteiger partial charge >= 0.3 is 18.2 Å². The van der Waals surface area contributed by atoms with Gasteiger partial charge in [0.2, 0.25) is 6.10 Å². The van der Waals surface area contributed by atoms with Crippen molar-refractivity contribution in [2.24, 2.45) is 0 Å². The Labute approximate surface area is 176 Å². The summed E-state index contributed by atoms with van der Waals surface area (Å²) >= 11 is 0. The Morgan fingerprint density at radius 1 is 0.968 bits per heavy atom. The molecule has 0 unspecified atom stereocenters. The number of alkyl halides is 3. The number of ether oxygens (including phenoxy) is 2. The minimum absolute atomic E-state index is 0.161. The Kier molecular flexibility index (Phi) is 6.26. The molecule has 0 bridgehead atoms. The zero-order valence-electron chi connectivity index (χ0n) is 16.6. The largest absolute Gasteiger partial charge is 0.478 e. The lowest BCUT2D eigenvalue weighted by atomic mass is 9.80. The highest BCUT2D eigenvalue weighted by molar-refractivity contribution is 5.76. The third-order valence-corrected chi connectivity index (χ3v) is 4.76. The van der Waals surface area contributed by atoms with Gasteiger partial charge in [-0.15, -0.1) is 0 Å². The molecular formula is C22H19F3N2O4. The smallest absolute Gasteiger partial charge is 0.416 e. The van der Waals surface area contributed by atoms with Crippen molar-refractivity contribution in [1.29, 1.82) is 0 Å². The van der Waals surface area contributed by atoms with Gasteiger partial charge in [0.05, 0.1) is 5.56 Å². The second-order valence-corrected chi connectivity index (χ2v) is 6.70. The van der Waals surface area contributed by atoms with Crippen LogP contribution in [-0.2, 0) is 21.3 Å². The zero-order valence-corrected chi connectivity index (χ0v) is 16.6. The Bertz CT molecular complexity index is 1040. The molecule has 0 spiro atoms. The van der Waals surface area contributed by atoms with Crippen molar-refractivity contribution < 1.29 is 32.5 Å². The van der Waals surface area contributed by atoms with E-state index in [-0.39, 0.29) is 11.6 Å². The number of benzene rings is 2. The van der Waals surface area contributed by atoms with Crippen LogP contribution in [0.5, 0.6) is 6.01 Å². The van der Waals surface area contributed by atoms with E-state index >= 15 is 0 Å². The standard InChI is InChI=1S/C22H19F3N2O4/c1-14-12-13-26-20(27-14)31-18(19(28)29)21(30-2,15-6-4-3-5-7-15)16-8-10-17(11-9-16)22(23,24)25/h3-13,18H,1-2H3,(H,28,29)/t18-,21+/m1/s1. The summed E-state index contributed by atoms with van der Waals surface area (Å²) in [6.07, 6.45) is -4.84. The number of rotatable bonds is 7. The number of halogens is 3.